The molecule has 0 aliphatic heterocycles. The van der Waals surface area contributed by atoms with Crippen LogP contribution in [0, 0.1) is 11.3 Å². The molecule has 0 bridgehead atoms. The number of rotatable bonds is 5. The lowest BCUT2D eigenvalue weighted by Crippen LogP contribution is -2.38. The first kappa shape index (κ1) is 10.0. The van der Waals surface area contributed by atoms with Crippen LogP contribution in [0.4, 0.5) is 0 Å². The van der Waals surface area contributed by atoms with Crippen LogP contribution in [0.5, 0.6) is 0 Å². The van der Waals surface area contributed by atoms with E-state index in [4.69, 9.17) is 5.73 Å². The van der Waals surface area contributed by atoms with Crippen LogP contribution in [-0.2, 0) is 0 Å². The van der Waals surface area contributed by atoms with Crippen molar-refractivity contribution in [1.82, 2.24) is 0 Å². The molecule has 1 nitrogen and oxygen atoms in total. The average Bonchev–Trinajstić information content (AvgIpc) is 2.02. The number of nitrogens with two attached hydrogens (primary N) is 1. The predicted molar refractivity (Wildman–Crippen MR) is 54.0 cm³/mol. The molecule has 0 amide bonds. The van der Waals surface area contributed by atoms with Gasteiger partial charge in [-0.05, 0) is 37.1 Å². The minimum Gasteiger partial charge on any atom is -0.330 e. The highest BCUT2D eigenvalue weighted by Gasteiger charge is 2.41. The maximum atomic E-state index is 5.67. The molecule has 0 unspecified atom stereocenters. The highest BCUT2D eigenvalue weighted by atomic mass is 14.6. The molecule has 0 heterocycles. The van der Waals surface area contributed by atoms with Gasteiger partial charge in [0.05, 0.1) is 0 Å². The van der Waals surface area contributed by atoms with Crippen molar-refractivity contribution in [3.8, 4) is 0 Å². The molecule has 0 atom stereocenters. The molecule has 0 aromatic carbocycles. The Labute approximate surface area is 76.7 Å². The summed E-state index contributed by atoms with van der Waals surface area (Å²) in [4.78, 5) is 0. The van der Waals surface area contributed by atoms with Crippen molar-refractivity contribution >= 4 is 0 Å². The van der Waals surface area contributed by atoms with E-state index < -0.39 is 0 Å². The van der Waals surface area contributed by atoms with Crippen molar-refractivity contribution in [2.75, 3.05) is 6.54 Å². The van der Waals surface area contributed by atoms with Crippen LogP contribution in [0.1, 0.15) is 52.4 Å². The zero-order valence-corrected chi connectivity index (χ0v) is 8.60. The summed E-state index contributed by atoms with van der Waals surface area (Å²) in [7, 11) is 0. The molecule has 1 fully saturated rings. The monoisotopic (exact) mass is 169 g/mol. The number of hydrogen-bond acceptors (Lipinski definition) is 1. The summed E-state index contributed by atoms with van der Waals surface area (Å²) in [6.07, 6.45) is 8.27. The Kier molecular flexibility index (Phi) is 3.57. The smallest absolute Gasteiger partial charge is 0.00719 e. The molecular weight excluding hydrogens is 146 g/mol. The highest BCUT2D eigenvalue weighted by Crippen LogP contribution is 2.51. The third-order valence-corrected chi connectivity index (χ3v) is 3.84. The lowest BCUT2D eigenvalue weighted by molar-refractivity contribution is 0.0359. The topological polar surface area (TPSA) is 26.0 Å². The standard InChI is InChI=1S/C11H23N/c1-3-10(4-2)11(8-9-12)6-5-7-11/h10H,3-9,12H2,1-2H3. The summed E-state index contributed by atoms with van der Waals surface area (Å²) in [5.74, 6) is 0.940. The first-order valence-electron chi connectivity index (χ1n) is 5.49. The molecule has 72 valence electrons. The Morgan fingerprint density at radius 1 is 1.25 bits per heavy atom. The van der Waals surface area contributed by atoms with Crippen molar-refractivity contribution in [3.63, 3.8) is 0 Å². The molecule has 1 rings (SSSR count). The molecule has 1 aliphatic rings. The van der Waals surface area contributed by atoms with Crippen molar-refractivity contribution < 1.29 is 0 Å². The normalized spacial score (nSPS) is 21.0. The van der Waals surface area contributed by atoms with Crippen molar-refractivity contribution in [3.05, 3.63) is 0 Å². The third-order valence-electron chi connectivity index (χ3n) is 3.84. The van der Waals surface area contributed by atoms with Gasteiger partial charge in [-0.2, -0.15) is 0 Å². The van der Waals surface area contributed by atoms with Crippen LogP contribution >= 0.6 is 0 Å². The van der Waals surface area contributed by atoms with Gasteiger partial charge < -0.3 is 5.73 Å². The summed E-state index contributed by atoms with van der Waals surface area (Å²) in [6, 6.07) is 0. The van der Waals surface area contributed by atoms with Crippen LogP contribution in [-0.4, -0.2) is 6.54 Å². The van der Waals surface area contributed by atoms with Crippen molar-refractivity contribution in [2.45, 2.75) is 52.4 Å². The first-order chi connectivity index (χ1) is 5.79. The molecule has 0 spiro atoms. The summed E-state index contributed by atoms with van der Waals surface area (Å²) >= 11 is 0. The summed E-state index contributed by atoms with van der Waals surface area (Å²) in [6.45, 7) is 5.53. The molecule has 1 saturated carbocycles. The van der Waals surface area contributed by atoms with E-state index in [0.717, 1.165) is 12.5 Å². The van der Waals surface area contributed by atoms with E-state index in [1.807, 2.05) is 0 Å². The van der Waals surface area contributed by atoms with Crippen LogP contribution in [0.3, 0.4) is 0 Å². The Morgan fingerprint density at radius 2 is 1.83 bits per heavy atom. The molecule has 1 heteroatoms. The van der Waals surface area contributed by atoms with Gasteiger partial charge in [0.2, 0.25) is 0 Å². The van der Waals surface area contributed by atoms with Crippen LogP contribution in [0.15, 0.2) is 0 Å². The summed E-state index contributed by atoms with van der Waals surface area (Å²) < 4.78 is 0. The van der Waals surface area contributed by atoms with E-state index in [-0.39, 0.29) is 0 Å². The van der Waals surface area contributed by atoms with E-state index in [1.165, 1.54) is 38.5 Å². The van der Waals surface area contributed by atoms with Gasteiger partial charge in [0.1, 0.15) is 0 Å². The van der Waals surface area contributed by atoms with Gasteiger partial charge in [-0.15, -0.1) is 0 Å². The molecular formula is C11H23N. The molecule has 0 aromatic rings. The second kappa shape index (κ2) is 4.27. The van der Waals surface area contributed by atoms with E-state index in [0.29, 0.717) is 5.41 Å². The van der Waals surface area contributed by atoms with Gasteiger partial charge in [0.15, 0.2) is 0 Å². The van der Waals surface area contributed by atoms with Crippen LogP contribution < -0.4 is 5.73 Å². The molecule has 0 saturated heterocycles. The first-order valence-corrected chi connectivity index (χ1v) is 5.49. The van der Waals surface area contributed by atoms with Gasteiger partial charge in [-0.25, -0.2) is 0 Å². The molecule has 12 heavy (non-hydrogen) atoms. The average molecular weight is 169 g/mol. The zero-order valence-electron chi connectivity index (χ0n) is 8.60. The second-order valence-corrected chi connectivity index (χ2v) is 4.27. The van der Waals surface area contributed by atoms with E-state index in [9.17, 15) is 0 Å². The highest BCUT2D eigenvalue weighted by molar-refractivity contribution is 4.92. The minimum atomic E-state index is 0.665. The lowest BCUT2D eigenvalue weighted by Gasteiger charge is -2.48. The van der Waals surface area contributed by atoms with E-state index in [2.05, 4.69) is 13.8 Å². The minimum absolute atomic E-state index is 0.665. The van der Waals surface area contributed by atoms with Crippen LogP contribution in [0.25, 0.3) is 0 Å². The van der Waals surface area contributed by atoms with Gasteiger partial charge in [0, 0.05) is 0 Å². The zero-order chi connectivity index (χ0) is 9.03. The van der Waals surface area contributed by atoms with Crippen LogP contribution in [0.2, 0.25) is 0 Å². The van der Waals surface area contributed by atoms with Gasteiger partial charge in [-0.1, -0.05) is 33.1 Å². The summed E-state index contributed by atoms with van der Waals surface area (Å²) in [5, 5.41) is 0. The third kappa shape index (κ3) is 1.66. The summed E-state index contributed by atoms with van der Waals surface area (Å²) in [5.41, 5.74) is 6.34. The maximum Gasteiger partial charge on any atom is -0.00719 e. The molecule has 1 aliphatic carbocycles. The van der Waals surface area contributed by atoms with Gasteiger partial charge >= 0.3 is 0 Å². The number of hydrogen-bond donors (Lipinski definition) is 1. The fourth-order valence-corrected chi connectivity index (χ4v) is 2.94. The maximum absolute atomic E-state index is 5.67. The Morgan fingerprint density at radius 3 is 2.08 bits per heavy atom. The van der Waals surface area contributed by atoms with Gasteiger partial charge in [0.25, 0.3) is 0 Å². The lowest BCUT2D eigenvalue weighted by atomic mass is 9.58. The Hall–Kier alpha value is -0.0400. The molecule has 2 N–H and O–H groups in total. The Balaban J connectivity index is 2.51. The SMILES string of the molecule is CCC(CC)C1(CCN)CCC1. The van der Waals surface area contributed by atoms with E-state index >= 15 is 0 Å². The Bertz CT molecular complexity index is 123. The second-order valence-electron chi connectivity index (χ2n) is 4.27. The van der Waals surface area contributed by atoms with Crippen molar-refractivity contribution in [1.29, 1.82) is 0 Å². The molecule has 0 radical (unpaired) electrons. The fraction of sp³-hybridized carbons (Fsp3) is 1.00. The fourth-order valence-electron chi connectivity index (χ4n) is 2.94. The van der Waals surface area contributed by atoms with Gasteiger partial charge in [-0.3, -0.25) is 0 Å². The van der Waals surface area contributed by atoms with Crippen molar-refractivity contribution in [2.24, 2.45) is 17.1 Å². The molecule has 0 aromatic heterocycles. The quantitative estimate of drug-likeness (QED) is 0.673. The van der Waals surface area contributed by atoms with E-state index in [1.54, 1.807) is 0 Å². The largest absolute Gasteiger partial charge is 0.330 e. The predicted octanol–water partition coefficient (Wildman–Crippen LogP) is 2.94.